The minimum atomic E-state index is -1.75. The van der Waals surface area contributed by atoms with Gasteiger partial charge < -0.3 is 10.4 Å². The van der Waals surface area contributed by atoms with Crippen molar-refractivity contribution in [1.82, 2.24) is 15.1 Å². The Balaban J connectivity index is 1.49. The fourth-order valence-electron chi connectivity index (χ4n) is 4.43. The van der Waals surface area contributed by atoms with Gasteiger partial charge in [0.1, 0.15) is 11.7 Å². The molecule has 2 heterocycles. The maximum absolute atomic E-state index is 13.6. The highest BCUT2D eigenvalue weighted by molar-refractivity contribution is 7.98. The molecule has 0 bridgehead atoms. The monoisotopic (exact) mass is 522 g/mol. The Bertz CT molecular complexity index is 1560. The molecular weight excluding hydrogens is 500 g/mol. The Morgan fingerprint density at radius 2 is 1.66 bits per heavy atom. The molecule has 8 nitrogen and oxygen atoms in total. The van der Waals surface area contributed by atoms with E-state index in [1.165, 1.54) is 0 Å². The second-order valence-corrected chi connectivity index (χ2v) is 9.74. The van der Waals surface area contributed by atoms with Gasteiger partial charge in [-0.15, -0.1) is 11.8 Å². The number of fused-ring (bicyclic) bond motifs is 3. The van der Waals surface area contributed by atoms with E-state index in [2.05, 4.69) is 10.4 Å². The normalized spacial score (nSPS) is 13.3. The number of para-hydroxylation sites is 1. The number of carbonyl (C=O) groups is 3. The number of thioether (sulfide) groups is 1. The third-order valence-electron chi connectivity index (χ3n) is 6.28. The van der Waals surface area contributed by atoms with Gasteiger partial charge in [-0.3, -0.25) is 9.59 Å². The maximum Gasteiger partial charge on any atom is 0.326 e. The van der Waals surface area contributed by atoms with Crippen LogP contribution in [0.1, 0.15) is 21.6 Å². The van der Waals surface area contributed by atoms with E-state index < -0.39 is 29.6 Å². The first kappa shape index (κ1) is 25.0. The molecule has 1 amide bonds. The molecule has 1 aliphatic heterocycles. The fraction of sp³-hybridized carbons (Fsp3) is 0.138. The molecule has 0 radical (unpaired) electrons. The Kier molecular flexibility index (Phi) is 7.07. The van der Waals surface area contributed by atoms with Crippen molar-refractivity contribution in [1.29, 1.82) is 5.26 Å². The summed E-state index contributed by atoms with van der Waals surface area (Å²) in [6, 6.07) is 26.4. The van der Waals surface area contributed by atoms with Crippen molar-refractivity contribution >= 4 is 29.4 Å². The number of benzene rings is 3. The molecule has 3 aromatic carbocycles. The van der Waals surface area contributed by atoms with Gasteiger partial charge in [0.25, 0.3) is 0 Å². The molecule has 4 aromatic rings. The Hall–Kier alpha value is -4.68. The lowest BCUT2D eigenvalue weighted by atomic mass is 9.96. The topological polar surface area (TPSA) is 125 Å². The van der Waals surface area contributed by atoms with Crippen LogP contribution in [0, 0.1) is 17.2 Å². The van der Waals surface area contributed by atoms with Crippen LogP contribution in [0.3, 0.4) is 0 Å². The molecule has 2 N–H and O–H groups in total. The van der Waals surface area contributed by atoms with Gasteiger partial charge in [-0.2, -0.15) is 10.4 Å². The van der Waals surface area contributed by atoms with E-state index in [-0.39, 0.29) is 12.1 Å². The molecular formula is C29H22N4O4S. The molecule has 0 saturated heterocycles. The van der Waals surface area contributed by atoms with E-state index in [4.69, 9.17) is 0 Å². The third-order valence-corrected chi connectivity index (χ3v) is 7.38. The van der Waals surface area contributed by atoms with E-state index in [9.17, 15) is 24.8 Å². The minimum absolute atomic E-state index is 0.0136. The van der Waals surface area contributed by atoms with Crippen LogP contribution in [-0.4, -0.2) is 38.6 Å². The van der Waals surface area contributed by atoms with Crippen molar-refractivity contribution in [3.05, 3.63) is 102 Å². The molecule has 188 valence electrons. The first-order valence-electron chi connectivity index (χ1n) is 11.9. The third kappa shape index (κ3) is 4.82. The summed E-state index contributed by atoms with van der Waals surface area (Å²) in [5, 5.41) is 26.5. The number of nitriles is 1. The largest absolute Gasteiger partial charge is 0.480 e. The number of amides is 1. The number of Topliss-reactive ketones (excluding diaryl/α,β-unsaturated/α-hetero) is 1. The first-order chi connectivity index (χ1) is 18.5. The molecule has 1 aromatic heterocycles. The number of ketones is 1. The van der Waals surface area contributed by atoms with Crippen LogP contribution in [0.4, 0.5) is 0 Å². The summed E-state index contributed by atoms with van der Waals surface area (Å²) < 4.78 is 1.67. The number of carbonyl (C=O) groups excluding carboxylic acids is 2. The molecule has 2 atom stereocenters. The highest BCUT2D eigenvalue weighted by Gasteiger charge is 2.37. The van der Waals surface area contributed by atoms with Crippen LogP contribution in [-0.2, 0) is 21.8 Å². The number of nitrogens with zero attached hydrogens (tertiary/aromatic N) is 3. The van der Waals surface area contributed by atoms with Gasteiger partial charge in [-0.05, 0) is 23.8 Å². The molecule has 0 aliphatic carbocycles. The van der Waals surface area contributed by atoms with Crippen LogP contribution in [0.15, 0.2) is 89.8 Å². The van der Waals surface area contributed by atoms with Crippen LogP contribution in [0.2, 0.25) is 0 Å². The number of carboxylic acids is 1. The number of aliphatic carboxylic acids is 1. The van der Waals surface area contributed by atoms with Crippen molar-refractivity contribution in [2.24, 2.45) is 5.92 Å². The second-order valence-electron chi connectivity index (χ2n) is 8.72. The predicted octanol–water partition coefficient (Wildman–Crippen LogP) is 4.28. The molecule has 0 spiro atoms. The zero-order valence-electron chi connectivity index (χ0n) is 20.1. The summed E-state index contributed by atoms with van der Waals surface area (Å²) in [6.45, 7) is 0. The molecule has 5 rings (SSSR count). The standard InChI is InChI=1S/C29H22N4O4S/c30-16-21(28(35)31-23(29(36)37)15-18-9-3-1-4-10-18)27(34)25-22-17-38-24-14-8-7-13-20(24)26(22)33(32-25)19-11-5-2-6-12-19/h1-14,21,23H,15,17H2,(H,31,35)(H,36,37). The van der Waals surface area contributed by atoms with E-state index in [1.54, 1.807) is 52.8 Å². The van der Waals surface area contributed by atoms with Gasteiger partial charge in [0.15, 0.2) is 5.92 Å². The van der Waals surface area contributed by atoms with Crippen molar-refractivity contribution in [2.45, 2.75) is 23.1 Å². The summed E-state index contributed by atoms with van der Waals surface area (Å²) in [7, 11) is 0. The smallest absolute Gasteiger partial charge is 0.326 e. The van der Waals surface area contributed by atoms with Gasteiger partial charge in [-0.1, -0.05) is 66.7 Å². The Morgan fingerprint density at radius 3 is 2.34 bits per heavy atom. The fourth-order valence-corrected chi connectivity index (χ4v) is 5.50. The van der Waals surface area contributed by atoms with Crippen LogP contribution in [0.25, 0.3) is 16.9 Å². The van der Waals surface area contributed by atoms with Gasteiger partial charge in [0, 0.05) is 28.2 Å². The molecule has 0 saturated carbocycles. The summed E-state index contributed by atoms with van der Waals surface area (Å²) in [6.07, 6.45) is 0.0136. The zero-order valence-corrected chi connectivity index (χ0v) is 20.9. The van der Waals surface area contributed by atoms with Crippen molar-refractivity contribution < 1.29 is 19.5 Å². The van der Waals surface area contributed by atoms with Crippen LogP contribution in [0.5, 0.6) is 0 Å². The van der Waals surface area contributed by atoms with Crippen molar-refractivity contribution in [3.8, 4) is 23.0 Å². The lowest BCUT2D eigenvalue weighted by Gasteiger charge is -2.18. The number of hydrogen-bond acceptors (Lipinski definition) is 6. The van der Waals surface area contributed by atoms with E-state index >= 15 is 0 Å². The number of aromatic nitrogens is 2. The average molecular weight is 523 g/mol. The maximum atomic E-state index is 13.6. The van der Waals surface area contributed by atoms with Crippen molar-refractivity contribution in [2.75, 3.05) is 0 Å². The lowest BCUT2D eigenvalue weighted by Crippen LogP contribution is -2.46. The van der Waals surface area contributed by atoms with Gasteiger partial charge in [-0.25, -0.2) is 9.48 Å². The minimum Gasteiger partial charge on any atom is -0.480 e. The molecule has 2 unspecified atom stereocenters. The lowest BCUT2D eigenvalue weighted by molar-refractivity contribution is -0.142. The number of nitrogens with one attached hydrogen (secondary N) is 1. The van der Waals surface area contributed by atoms with Crippen molar-refractivity contribution in [3.63, 3.8) is 0 Å². The van der Waals surface area contributed by atoms with Gasteiger partial charge >= 0.3 is 5.97 Å². The summed E-state index contributed by atoms with van der Waals surface area (Å²) in [5.74, 6) is -4.30. The van der Waals surface area contributed by atoms with E-state index in [1.807, 2.05) is 54.6 Å². The first-order valence-corrected chi connectivity index (χ1v) is 12.9. The predicted molar refractivity (Wildman–Crippen MR) is 142 cm³/mol. The Labute approximate surface area is 222 Å². The Morgan fingerprint density at radius 1 is 1.00 bits per heavy atom. The summed E-state index contributed by atoms with van der Waals surface area (Å²) >= 11 is 1.55. The number of hydrogen-bond donors (Lipinski definition) is 2. The summed E-state index contributed by atoms with van der Waals surface area (Å²) in [4.78, 5) is 39.6. The van der Waals surface area contributed by atoms with Gasteiger partial charge in [0.2, 0.25) is 11.7 Å². The highest BCUT2D eigenvalue weighted by atomic mass is 32.2. The quantitative estimate of drug-likeness (QED) is 0.261. The summed E-state index contributed by atoms with van der Waals surface area (Å²) in [5.41, 5.74) is 3.74. The van der Waals surface area contributed by atoms with E-state index in [0.717, 1.165) is 21.8 Å². The highest BCUT2D eigenvalue weighted by Crippen LogP contribution is 2.43. The number of carboxylic acid groups (broad SMARTS) is 1. The SMILES string of the molecule is N#CC(C(=O)NC(Cc1ccccc1)C(=O)O)C(=O)c1nn(-c2ccccc2)c2c1CSc1ccccc1-2. The zero-order chi connectivity index (χ0) is 26.6. The molecule has 1 aliphatic rings. The molecule has 38 heavy (non-hydrogen) atoms. The van der Waals surface area contributed by atoms with E-state index in [0.29, 0.717) is 16.9 Å². The van der Waals surface area contributed by atoms with Crippen LogP contribution < -0.4 is 5.32 Å². The molecule has 0 fully saturated rings. The molecule has 9 heteroatoms. The van der Waals surface area contributed by atoms with Gasteiger partial charge in [0.05, 0.1) is 17.5 Å². The van der Waals surface area contributed by atoms with Crippen LogP contribution >= 0.6 is 11.8 Å². The second kappa shape index (κ2) is 10.7. The number of rotatable bonds is 8. The average Bonchev–Trinajstić information content (AvgIpc) is 3.34.